The maximum atomic E-state index is 12.2. The van der Waals surface area contributed by atoms with E-state index >= 15 is 0 Å². The predicted molar refractivity (Wildman–Crippen MR) is 80.0 cm³/mol. The largest absolute Gasteiger partial charge is 0.480 e. The van der Waals surface area contributed by atoms with Crippen LogP contribution in [0.2, 0.25) is 0 Å². The molecule has 2 heterocycles. The molecule has 2 N–H and O–H groups in total. The first-order valence-corrected chi connectivity index (χ1v) is 7.76. The minimum atomic E-state index is -2.91. The average molecular weight is 340 g/mol. The zero-order chi connectivity index (χ0) is 17.3. The number of carbonyl (C=O) groups excluding carboxylic acids is 1. The zero-order valence-electron chi connectivity index (χ0n) is 12.8. The molecule has 1 atom stereocenters. The molecule has 0 spiro atoms. The van der Waals surface area contributed by atoms with Gasteiger partial charge in [0.05, 0.1) is 0 Å². The lowest BCUT2D eigenvalue weighted by molar-refractivity contribution is -0.139. The molecule has 1 aromatic rings. The van der Waals surface area contributed by atoms with E-state index in [1.54, 1.807) is 4.90 Å². The van der Waals surface area contributed by atoms with E-state index < -0.39 is 18.6 Å². The number of carboxylic acid groups (broad SMARTS) is 1. The Balaban J connectivity index is 1.59. The van der Waals surface area contributed by atoms with Gasteiger partial charge in [-0.15, -0.1) is 0 Å². The molecule has 6 nitrogen and oxygen atoms in total. The van der Waals surface area contributed by atoms with Gasteiger partial charge in [-0.2, -0.15) is 8.78 Å². The smallest absolute Gasteiger partial charge is 0.387 e. The molecule has 1 aromatic carbocycles. The molecule has 2 saturated heterocycles. The Kier molecular flexibility index (Phi) is 4.55. The summed E-state index contributed by atoms with van der Waals surface area (Å²) in [6.07, 6.45) is 2.06. The number of urea groups is 1. The molecule has 1 aliphatic carbocycles. The summed E-state index contributed by atoms with van der Waals surface area (Å²) in [6.45, 7) is -2.23. The molecule has 24 heavy (non-hydrogen) atoms. The normalized spacial score (nSPS) is 22.9. The Morgan fingerprint density at radius 3 is 2.46 bits per heavy atom. The van der Waals surface area contributed by atoms with Crippen LogP contribution in [0, 0.1) is 5.92 Å². The molecule has 2 amide bonds. The number of hydrogen-bond acceptors (Lipinski definition) is 3. The van der Waals surface area contributed by atoms with Crippen molar-refractivity contribution < 1.29 is 28.2 Å². The van der Waals surface area contributed by atoms with Gasteiger partial charge < -0.3 is 20.1 Å². The number of rotatable bonds is 6. The molecule has 4 rings (SSSR count). The first-order valence-electron chi connectivity index (χ1n) is 7.76. The van der Waals surface area contributed by atoms with Crippen molar-refractivity contribution in [1.82, 2.24) is 10.2 Å². The van der Waals surface area contributed by atoms with E-state index in [0.717, 1.165) is 12.8 Å². The van der Waals surface area contributed by atoms with Crippen molar-refractivity contribution in [3.8, 4) is 5.75 Å². The van der Waals surface area contributed by atoms with Crippen LogP contribution in [-0.2, 0) is 11.2 Å². The zero-order valence-corrected chi connectivity index (χ0v) is 12.8. The molecule has 130 valence electrons. The van der Waals surface area contributed by atoms with E-state index in [1.807, 2.05) is 0 Å². The molecular formula is C16H18F2N2O4. The van der Waals surface area contributed by atoms with Crippen LogP contribution in [0.15, 0.2) is 24.3 Å². The fourth-order valence-corrected chi connectivity index (χ4v) is 3.25. The second-order valence-electron chi connectivity index (χ2n) is 6.21. The van der Waals surface area contributed by atoms with Gasteiger partial charge in [-0.3, -0.25) is 0 Å². The highest BCUT2D eigenvalue weighted by atomic mass is 19.3. The van der Waals surface area contributed by atoms with Crippen LogP contribution in [0.5, 0.6) is 5.75 Å². The third-order valence-corrected chi connectivity index (χ3v) is 4.55. The molecule has 0 radical (unpaired) electrons. The Bertz CT molecular complexity index is 617. The number of amides is 2. The monoisotopic (exact) mass is 340 g/mol. The van der Waals surface area contributed by atoms with E-state index in [9.17, 15) is 23.5 Å². The van der Waals surface area contributed by atoms with Crippen LogP contribution in [0.25, 0.3) is 0 Å². The number of aliphatic carboxylic acids is 1. The second kappa shape index (κ2) is 6.62. The standard InChI is InChI=1S/C16H18F2N2O4/c17-15(18)24-12-3-1-9(2-4-12)7-13(14(21)22)19-16(23)20-8-10-5-11(20)6-10/h1-4,10-11,13,15H,5-8H2,(H,19,23)(H,21,22)/t10?,11?,13-/m0/s1. The first-order chi connectivity index (χ1) is 11.4. The molecule has 8 heteroatoms. The predicted octanol–water partition coefficient (Wildman–Crippen LogP) is 2.09. The van der Waals surface area contributed by atoms with Gasteiger partial charge in [0.1, 0.15) is 11.8 Å². The number of alkyl halides is 2. The van der Waals surface area contributed by atoms with Gasteiger partial charge in [0.2, 0.25) is 0 Å². The number of fused-ring (bicyclic) bond motifs is 1. The SMILES string of the molecule is O=C(O)[C@H](Cc1ccc(OC(F)F)cc1)NC(=O)N1CC2CC1C2. The van der Waals surface area contributed by atoms with Gasteiger partial charge in [-0.05, 0) is 36.5 Å². The summed E-state index contributed by atoms with van der Waals surface area (Å²) >= 11 is 0. The fourth-order valence-electron chi connectivity index (χ4n) is 3.25. The summed E-state index contributed by atoms with van der Waals surface area (Å²) < 4.78 is 28.5. The molecule has 2 aliphatic heterocycles. The van der Waals surface area contributed by atoms with Crippen LogP contribution in [0.1, 0.15) is 18.4 Å². The highest BCUT2D eigenvalue weighted by Gasteiger charge is 2.45. The van der Waals surface area contributed by atoms with Crippen molar-refractivity contribution in [3.05, 3.63) is 29.8 Å². The summed E-state index contributed by atoms with van der Waals surface area (Å²) in [4.78, 5) is 25.3. The highest BCUT2D eigenvalue weighted by Crippen LogP contribution is 2.40. The number of ether oxygens (including phenoxy) is 1. The third-order valence-electron chi connectivity index (χ3n) is 4.55. The number of nitrogens with zero attached hydrogens (tertiary/aromatic N) is 1. The van der Waals surface area contributed by atoms with Crippen molar-refractivity contribution in [2.24, 2.45) is 5.92 Å². The number of hydrogen-bond donors (Lipinski definition) is 2. The van der Waals surface area contributed by atoms with E-state index in [2.05, 4.69) is 10.1 Å². The molecule has 3 aliphatic rings. The van der Waals surface area contributed by atoms with Gasteiger partial charge in [0.25, 0.3) is 0 Å². The van der Waals surface area contributed by atoms with Gasteiger partial charge in [0, 0.05) is 19.0 Å². The Labute approximate surface area is 137 Å². The first kappa shape index (κ1) is 16.5. The fraction of sp³-hybridized carbons (Fsp3) is 0.500. The lowest BCUT2D eigenvalue weighted by atomic mass is 9.86. The Hall–Kier alpha value is -2.38. The van der Waals surface area contributed by atoms with Crippen LogP contribution in [0.3, 0.4) is 0 Å². The second-order valence-corrected chi connectivity index (χ2v) is 6.21. The van der Waals surface area contributed by atoms with Crippen molar-refractivity contribution in [2.75, 3.05) is 6.54 Å². The molecule has 0 unspecified atom stereocenters. The molecular weight excluding hydrogens is 322 g/mol. The number of benzene rings is 1. The van der Waals surface area contributed by atoms with Crippen LogP contribution < -0.4 is 10.1 Å². The maximum Gasteiger partial charge on any atom is 0.387 e. The molecule has 3 fully saturated rings. The van der Waals surface area contributed by atoms with Gasteiger partial charge in [-0.1, -0.05) is 12.1 Å². The number of carbonyl (C=O) groups is 2. The summed E-state index contributed by atoms with van der Waals surface area (Å²) in [5.41, 5.74) is 0.607. The summed E-state index contributed by atoms with van der Waals surface area (Å²) in [5, 5.41) is 11.9. The maximum absolute atomic E-state index is 12.2. The van der Waals surface area contributed by atoms with Crippen LogP contribution >= 0.6 is 0 Å². The van der Waals surface area contributed by atoms with Gasteiger partial charge in [-0.25, -0.2) is 9.59 Å². The number of halogens is 2. The van der Waals surface area contributed by atoms with E-state index in [1.165, 1.54) is 24.3 Å². The molecule has 1 saturated carbocycles. The quantitative estimate of drug-likeness (QED) is 0.831. The Morgan fingerprint density at radius 1 is 1.29 bits per heavy atom. The number of carboxylic acids is 1. The van der Waals surface area contributed by atoms with Crippen molar-refractivity contribution in [1.29, 1.82) is 0 Å². The topological polar surface area (TPSA) is 78.9 Å². The van der Waals surface area contributed by atoms with Crippen LogP contribution in [-0.4, -0.2) is 47.2 Å². The van der Waals surface area contributed by atoms with Crippen molar-refractivity contribution in [3.63, 3.8) is 0 Å². The van der Waals surface area contributed by atoms with Crippen LogP contribution in [0.4, 0.5) is 13.6 Å². The van der Waals surface area contributed by atoms with Gasteiger partial charge in [0.15, 0.2) is 0 Å². The lowest BCUT2D eigenvalue weighted by Crippen LogP contribution is -2.49. The van der Waals surface area contributed by atoms with E-state index in [4.69, 9.17) is 0 Å². The molecule has 0 aromatic heterocycles. The summed E-state index contributed by atoms with van der Waals surface area (Å²) in [7, 11) is 0. The van der Waals surface area contributed by atoms with Crippen molar-refractivity contribution >= 4 is 12.0 Å². The average Bonchev–Trinajstić information content (AvgIpc) is 3.08. The van der Waals surface area contributed by atoms with Crippen molar-refractivity contribution in [2.45, 2.75) is 38.0 Å². The van der Waals surface area contributed by atoms with E-state index in [-0.39, 0.29) is 24.2 Å². The Morgan fingerprint density at radius 2 is 1.96 bits per heavy atom. The highest BCUT2D eigenvalue weighted by molar-refractivity contribution is 5.83. The summed E-state index contributed by atoms with van der Waals surface area (Å²) in [6, 6.07) is 4.51. The number of nitrogens with one attached hydrogen (secondary N) is 1. The van der Waals surface area contributed by atoms with Gasteiger partial charge >= 0.3 is 18.6 Å². The third kappa shape index (κ3) is 3.58. The van der Waals surface area contributed by atoms with E-state index in [0.29, 0.717) is 18.0 Å². The minimum absolute atomic E-state index is 0.00139. The summed E-state index contributed by atoms with van der Waals surface area (Å²) in [5.74, 6) is -0.587. The molecule has 2 bridgehead atoms. The lowest BCUT2D eigenvalue weighted by Gasteiger charge is -2.27. The minimum Gasteiger partial charge on any atom is -0.480 e.